The van der Waals surface area contributed by atoms with Gasteiger partial charge in [0.1, 0.15) is 0 Å². The van der Waals surface area contributed by atoms with Gasteiger partial charge in [0, 0.05) is 24.0 Å². The quantitative estimate of drug-likeness (QED) is 0.353. The Morgan fingerprint density at radius 3 is 2.44 bits per heavy atom. The van der Waals surface area contributed by atoms with Crippen LogP contribution in [-0.4, -0.2) is 38.1 Å². The van der Waals surface area contributed by atoms with E-state index in [2.05, 4.69) is 9.97 Å². The summed E-state index contributed by atoms with van der Waals surface area (Å²) in [5, 5.41) is 0.432. The molecule has 36 heavy (non-hydrogen) atoms. The van der Waals surface area contributed by atoms with Gasteiger partial charge in [0.25, 0.3) is 11.1 Å². The van der Waals surface area contributed by atoms with Crippen molar-refractivity contribution in [2.24, 2.45) is 0 Å². The highest BCUT2D eigenvalue weighted by atomic mass is 16.5. The Labute approximate surface area is 206 Å². The standard InChI is InChI=1S/C27H25N5O4/c1-18-25-21(15-24(33)30(18)17-20-11-7-13-23(29-20)36-3)31(16-19-9-5-4-6-10-19)32(27(25)34)26-22(35-2)12-8-14-28-26/h4-15H,16-17H2,1-3H3. The minimum Gasteiger partial charge on any atom is -0.493 e. The lowest BCUT2D eigenvalue weighted by molar-refractivity contribution is 0.395. The van der Waals surface area contributed by atoms with E-state index in [9.17, 15) is 9.59 Å². The maximum absolute atomic E-state index is 13.9. The molecule has 0 aliphatic carbocycles. The number of aryl methyl sites for hydroxylation is 1. The molecule has 0 saturated heterocycles. The monoisotopic (exact) mass is 483 g/mol. The molecule has 0 saturated carbocycles. The Balaban J connectivity index is 1.77. The van der Waals surface area contributed by atoms with Gasteiger partial charge >= 0.3 is 0 Å². The molecular weight excluding hydrogens is 458 g/mol. The van der Waals surface area contributed by atoms with E-state index in [1.807, 2.05) is 42.5 Å². The summed E-state index contributed by atoms with van der Waals surface area (Å²) in [4.78, 5) is 36.1. The first-order chi connectivity index (χ1) is 17.5. The molecule has 0 radical (unpaired) electrons. The molecule has 0 spiro atoms. The van der Waals surface area contributed by atoms with Gasteiger partial charge in [0.05, 0.1) is 43.9 Å². The van der Waals surface area contributed by atoms with Crippen molar-refractivity contribution in [3.63, 3.8) is 0 Å². The van der Waals surface area contributed by atoms with E-state index in [4.69, 9.17) is 9.47 Å². The highest BCUT2D eigenvalue weighted by Gasteiger charge is 2.22. The van der Waals surface area contributed by atoms with Crippen molar-refractivity contribution in [3.05, 3.63) is 111 Å². The van der Waals surface area contributed by atoms with Crippen LogP contribution in [-0.2, 0) is 13.1 Å². The van der Waals surface area contributed by atoms with Gasteiger partial charge in [-0.3, -0.25) is 14.3 Å². The number of hydrogen-bond acceptors (Lipinski definition) is 6. The molecule has 0 N–H and O–H groups in total. The maximum Gasteiger partial charge on any atom is 0.282 e. The summed E-state index contributed by atoms with van der Waals surface area (Å²) in [5.41, 5.74) is 2.16. The van der Waals surface area contributed by atoms with Crippen molar-refractivity contribution in [2.45, 2.75) is 20.0 Å². The second kappa shape index (κ2) is 9.53. The summed E-state index contributed by atoms with van der Waals surface area (Å²) in [7, 11) is 3.07. The number of aromatic nitrogens is 5. The van der Waals surface area contributed by atoms with Gasteiger partial charge in [-0.15, -0.1) is 0 Å². The number of ether oxygens (including phenoxy) is 2. The van der Waals surface area contributed by atoms with Crippen molar-refractivity contribution >= 4 is 10.9 Å². The number of benzene rings is 1. The average Bonchev–Trinajstić information content (AvgIpc) is 3.17. The molecule has 0 amide bonds. The van der Waals surface area contributed by atoms with E-state index in [1.54, 1.807) is 47.7 Å². The van der Waals surface area contributed by atoms with E-state index in [1.165, 1.54) is 17.9 Å². The first-order valence-electron chi connectivity index (χ1n) is 11.4. The lowest BCUT2D eigenvalue weighted by atomic mass is 10.2. The predicted octanol–water partition coefficient (Wildman–Crippen LogP) is 3.17. The molecule has 4 heterocycles. The molecule has 5 aromatic rings. The normalized spacial score (nSPS) is 11.1. The minimum absolute atomic E-state index is 0.202. The molecule has 0 unspecified atom stereocenters. The molecule has 0 aliphatic heterocycles. The second-order valence-corrected chi connectivity index (χ2v) is 8.28. The van der Waals surface area contributed by atoms with Crippen molar-refractivity contribution in [2.75, 3.05) is 14.2 Å². The van der Waals surface area contributed by atoms with Crippen LogP contribution in [0.25, 0.3) is 16.7 Å². The van der Waals surface area contributed by atoms with Crippen LogP contribution in [0.4, 0.5) is 0 Å². The number of methoxy groups -OCH3 is 2. The molecule has 0 aliphatic rings. The summed E-state index contributed by atoms with van der Waals surface area (Å²) >= 11 is 0. The van der Waals surface area contributed by atoms with Crippen LogP contribution >= 0.6 is 0 Å². The topological polar surface area (TPSA) is 93.2 Å². The Morgan fingerprint density at radius 2 is 1.69 bits per heavy atom. The third-order valence-corrected chi connectivity index (χ3v) is 6.13. The summed E-state index contributed by atoms with van der Waals surface area (Å²) < 4.78 is 15.5. The zero-order valence-electron chi connectivity index (χ0n) is 20.2. The summed E-state index contributed by atoms with van der Waals surface area (Å²) in [6.07, 6.45) is 1.61. The zero-order chi connectivity index (χ0) is 25.2. The lowest BCUT2D eigenvalue weighted by Crippen LogP contribution is -2.24. The summed E-state index contributed by atoms with van der Waals surface area (Å²) in [6, 6.07) is 20.1. The van der Waals surface area contributed by atoms with Crippen LogP contribution < -0.4 is 20.6 Å². The van der Waals surface area contributed by atoms with Gasteiger partial charge in [-0.05, 0) is 30.7 Å². The maximum atomic E-state index is 13.9. The van der Waals surface area contributed by atoms with Gasteiger partial charge < -0.3 is 14.0 Å². The molecule has 0 fully saturated rings. The third-order valence-electron chi connectivity index (χ3n) is 6.13. The Morgan fingerprint density at radius 1 is 0.889 bits per heavy atom. The SMILES string of the molecule is COc1cccc(Cn2c(C)c3c(=O)n(-c4ncccc4OC)n(Cc4ccccc4)c3cc2=O)n1. The highest BCUT2D eigenvalue weighted by Crippen LogP contribution is 2.23. The van der Waals surface area contributed by atoms with Crippen molar-refractivity contribution in [3.8, 4) is 17.4 Å². The summed E-state index contributed by atoms with van der Waals surface area (Å²) in [5.74, 6) is 1.26. The smallest absolute Gasteiger partial charge is 0.282 e. The van der Waals surface area contributed by atoms with Crippen LogP contribution in [0.3, 0.4) is 0 Å². The van der Waals surface area contributed by atoms with Gasteiger partial charge in [-0.1, -0.05) is 36.4 Å². The Hall–Kier alpha value is -4.66. The van der Waals surface area contributed by atoms with E-state index < -0.39 is 0 Å². The zero-order valence-corrected chi connectivity index (χ0v) is 20.2. The first kappa shape index (κ1) is 23.1. The van der Waals surface area contributed by atoms with E-state index in [-0.39, 0.29) is 17.7 Å². The number of hydrogen-bond donors (Lipinski definition) is 0. The fourth-order valence-electron chi connectivity index (χ4n) is 4.38. The molecule has 182 valence electrons. The fraction of sp³-hybridized carbons (Fsp3) is 0.185. The molecule has 0 bridgehead atoms. The largest absolute Gasteiger partial charge is 0.493 e. The second-order valence-electron chi connectivity index (χ2n) is 8.28. The first-order valence-corrected chi connectivity index (χ1v) is 11.4. The van der Waals surface area contributed by atoms with Crippen LogP contribution in [0.1, 0.15) is 17.0 Å². The van der Waals surface area contributed by atoms with Crippen molar-refractivity contribution in [1.29, 1.82) is 0 Å². The Bertz CT molecular complexity index is 1670. The van der Waals surface area contributed by atoms with E-state index >= 15 is 0 Å². The van der Waals surface area contributed by atoms with Crippen LogP contribution in [0.5, 0.6) is 11.6 Å². The average molecular weight is 484 g/mol. The molecule has 1 aromatic carbocycles. The molecular formula is C27H25N5O4. The fourth-order valence-corrected chi connectivity index (χ4v) is 4.38. The molecule has 9 nitrogen and oxygen atoms in total. The van der Waals surface area contributed by atoms with Gasteiger partial charge in [0.2, 0.25) is 5.88 Å². The van der Waals surface area contributed by atoms with Crippen LogP contribution in [0.15, 0.2) is 82.5 Å². The van der Waals surface area contributed by atoms with Crippen LogP contribution in [0.2, 0.25) is 0 Å². The third kappa shape index (κ3) is 4.04. The van der Waals surface area contributed by atoms with Gasteiger partial charge in [-0.25, -0.2) is 9.97 Å². The number of nitrogens with zero attached hydrogens (tertiary/aromatic N) is 5. The number of pyridine rings is 3. The molecule has 9 heteroatoms. The minimum atomic E-state index is -0.289. The number of rotatable bonds is 7. The molecule has 4 aromatic heterocycles. The predicted molar refractivity (Wildman–Crippen MR) is 136 cm³/mol. The van der Waals surface area contributed by atoms with Crippen molar-refractivity contribution in [1.82, 2.24) is 23.9 Å². The number of fused-ring (bicyclic) bond motifs is 1. The molecule has 0 atom stereocenters. The van der Waals surface area contributed by atoms with Gasteiger partial charge in [-0.2, -0.15) is 4.68 Å². The lowest BCUT2D eigenvalue weighted by Gasteiger charge is -2.15. The van der Waals surface area contributed by atoms with Crippen LogP contribution in [0, 0.1) is 6.92 Å². The van der Waals surface area contributed by atoms with Gasteiger partial charge in [0.15, 0.2) is 11.6 Å². The van der Waals surface area contributed by atoms with E-state index in [0.717, 1.165) is 5.56 Å². The van der Waals surface area contributed by atoms with Crippen molar-refractivity contribution < 1.29 is 9.47 Å². The molecule has 5 rings (SSSR count). The highest BCUT2D eigenvalue weighted by molar-refractivity contribution is 5.81. The van der Waals surface area contributed by atoms with E-state index in [0.29, 0.717) is 46.3 Å². The summed E-state index contributed by atoms with van der Waals surface area (Å²) in [6.45, 7) is 2.34. The Kier molecular flexibility index (Phi) is 6.12.